The van der Waals surface area contributed by atoms with Crippen molar-refractivity contribution in [1.29, 1.82) is 0 Å². The van der Waals surface area contributed by atoms with Crippen LogP contribution in [-0.2, 0) is 11.2 Å². The minimum Gasteiger partial charge on any atom is -0.300 e. The maximum atomic E-state index is 12.6. The number of carbonyl (C=O) groups excluding carboxylic acids is 1. The molecule has 21 heavy (non-hydrogen) atoms. The molecule has 1 aromatic heterocycles. The molecule has 0 bridgehead atoms. The van der Waals surface area contributed by atoms with E-state index in [1.165, 1.54) is 35.3 Å². The van der Waals surface area contributed by atoms with Crippen LogP contribution in [0.1, 0.15) is 53.7 Å². The van der Waals surface area contributed by atoms with Gasteiger partial charge < -0.3 is 0 Å². The minimum absolute atomic E-state index is 0.0526. The number of hydrogen-bond donors (Lipinski definition) is 1. The van der Waals surface area contributed by atoms with E-state index in [9.17, 15) is 4.79 Å². The molecule has 1 heterocycles. The van der Waals surface area contributed by atoms with Crippen LogP contribution in [0.15, 0.2) is 24.3 Å². The van der Waals surface area contributed by atoms with Crippen LogP contribution in [0.25, 0.3) is 0 Å². The topological polar surface area (TPSA) is 54.9 Å². The van der Waals surface area contributed by atoms with E-state index in [2.05, 4.69) is 27.6 Å². The number of hydrogen-bond acceptors (Lipinski definition) is 4. The molecule has 0 spiro atoms. The SMILES string of the molecule is O=C(Nc1nnc(C2CC2)s1)[C@H]1CCCc2ccccc21. The molecule has 1 N–H and O–H groups in total. The third kappa shape index (κ3) is 2.58. The third-order valence-electron chi connectivity index (χ3n) is 4.28. The summed E-state index contributed by atoms with van der Waals surface area (Å²) in [4.78, 5) is 12.6. The lowest BCUT2D eigenvalue weighted by Gasteiger charge is -2.24. The predicted molar refractivity (Wildman–Crippen MR) is 82.6 cm³/mol. The van der Waals surface area contributed by atoms with Crippen LogP contribution in [0.2, 0.25) is 0 Å². The van der Waals surface area contributed by atoms with Crippen LogP contribution >= 0.6 is 11.3 Å². The van der Waals surface area contributed by atoms with Crippen LogP contribution in [-0.4, -0.2) is 16.1 Å². The standard InChI is InChI=1S/C16H17N3OS/c20-14(17-16-19-18-15(21-16)11-8-9-11)13-7-3-5-10-4-1-2-6-12(10)13/h1-2,4,6,11,13H,3,5,7-9H2,(H,17,19,20)/t13-/m0/s1. The fourth-order valence-electron chi connectivity index (χ4n) is 3.00. The maximum Gasteiger partial charge on any atom is 0.233 e. The van der Waals surface area contributed by atoms with Gasteiger partial charge in [-0.1, -0.05) is 35.6 Å². The van der Waals surface area contributed by atoms with Crippen molar-refractivity contribution in [1.82, 2.24) is 10.2 Å². The zero-order chi connectivity index (χ0) is 14.2. The molecule has 4 nitrogen and oxygen atoms in total. The number of benzene rings is 1. The van der Waals surface area contributed by atoms with Gasteiger partial charge in [-0.2, -0.15) is 0 Å². The van der Waals surface area contributed by atoms with E-state index in [4.69, 9.17) is 0 Å². The fourth-order valence-corrected chi connectivity index (χ4v) is 3.91. The smallest absolute Gasteiger partial charge is 0.233 e. The van der Waals surface area contributed by atoms with E-state index in [1.807, 2.05) is 12.1 Å². The Morgan fingerprint density at radius 1 is 1.19 bits per heavy atom. The van der Waals surface area contributed by atoms with Gasteiger partial charge in [-0.15, -0.1) is 10.2 Å². The highest BCUT2D eigenvalue weighted by Gasteiger charge is 2.29. The molecular weight excluding hydrogens is 282 g/mol. The first-order valence-corrected chi connectivity index (χ1v) is 8.35. The average Bonchev–Trinajstić information content (AvgIpc) is 3.27. The lowest BCUT2D eigenvalue weighted by atomic mass is 9.82. The van der Waals surface area contributed by atoms with Gasteiger partial charge in [0.1, 0.15) is 5.01 Å². The summed E-state index contributed by atoms with van der Waals surface area (Å²) in [7, 11) is 0. The van der Waals surface area contributed by atoms with Gasteiger partial charge in [0.2, 0.25) is 11.0 Å². The fraction of sp³-hybridized carbons (Fsp3) is 0.438. The van der Waals surface area contributed by atoms with Crippen molar-refractivity contribution in [2.75, 3.05) is 5.32 Å². The number of anilines is 1. The summed E-state index contributed by atoms with van der Waals surface area (Å²) in [5, 5.41) is 12.9. The number of aryl methyl sites for hydroxylation is 1. The monoisotopic (exact) mass is 299 g/mol. The molecule has 1 amide bonds. The maximum absolute atomic E-state index is 12.6. The summed E-state index contributed by atoms with van der Waals surface area (Å²) in [6, 6.07) is 8.27. The van der Waals surface area contributed by atoms with Crippen molar-refractivity contribution in [3.8, 4) is 0 Å². The number of amides is 1. The lowest BCUT2D eigenvalue weighted by molar-refractivity contribution is -0.117. The molecule has 2 aromatic rings. The number of nitrogens with zero attached hydrogens (tertiary/aromatic N) is 2. The van der Waals surface area contributed by atoms with Gasteiger partial charge in [0.05, 0.1) is 5.92 Å². The minimum atomic E-state index is -0.0526. The number of carbonyl (C=O) groups is 1. The Bertz CT molecular complexity index is 678. The molecule has 4 rings (SSSR count). The molecule has 0 unspecified atom stereocenters. The first kappa shape index (κ1) is 13.0. The predicted octanol–water partition coefficient (Wildman–Crippen LogP) is 3.47. The normalized spacial score (nSPS) is 20.9. The van der Waals surface area contributed by atoms with E-state index >= 15 is 0 Å². The number of fused-ring (bicyclic) bond motifs is 1. The highest BCUT2D eigenvalue weighted by atomic mass is 32.1. The van der Waals surface area contributed by atoms with Crippen molar-refractivity contribution in [2.24, 2.45) is 0 Å². The Kier molecular flexibility index (Phi) is 3.22. The molecule has 2 aliphatic carbocycles. The van der Waals surface area contributed by atoms with Gasteiger partial charge in [0.15, 0.2) is 0 Å². The second-order valence-electron chi connectivity index (χ2n) is 5.85. The molecule has 1 atom stereocenters. The van der Waals surface area contributed by atoms with Gasteiger partial charge in [0, 0.05) is 5.92 Å². The zero-order valence-electron chi connectivity index (χ0n) is 11.7. The summed E-state index contributed by atoms with van der Waals surface area (Å²) in [6.45, 7) is 0. The summed E-state index contributed by atoms with van der Waals surface area (Å²) >= 11 is 1.52. The number of rotatable bonds is 3. The summed E-state index contributed by atoms with van der Waals surface area (Å²) in [6.07, 6.45) is 5.47. The second-order valence-corrected chi connectivity index (χ2v) is 6.86. The van der Waals surface area contributed by atoms with Crippen LogP contribution in [0.5, 0.6) is 0 Å². The molecule has 0 radical (unpaired) electrons. The van der Waals surface area contributed by atoms with Crippen molar-refractivity contribution < 1.29 is 4.79 Å². The van der Waals surface area contributed by atoms with E-state index in [0.717, 1.165) is 24.3 Å². The van der Waals surface area contributed by atoms with Crippen molar-refractivity contribution in [3.05, 3.63) is 40.4 Å². The molecule has 0 saturated heterocycles. The number of aromatic nitrogens is 2. The largest absolute Gasteiger partial charge is 0.300 e. The average molecular weight is 299 g/mol. The molecule has 1 fully saturated rings. The molecule has 5 heteroatoms. The second kappa shape index (κ2) is 5.22. The van der Waals surface area contributed by atoms with Crippen LogP contribution in [0.3, 0.4) is 0 Å². The van der Waals surface area contributed by atoms with Gasteiger partial charge in [0.25, 0.3) is 0 Å². The Balaban J connectivity index is 1.52. The Hall–Kier alpha value is -1.75. The first-order chi connectivity index (χ1) is 10.3. The summed E-state index contributed by atoms with van der Waals surface area (Å²) in [5.41, 5.74) is 2.48. The van der Waals surface area contributed by atoms with Crippen molar-refractivity contribution in [2.45, 2.75) is 43.9 Å². The Labute approximate surface area is 127 Å². The highest BCUT2D eigenvalue weighted by Crippen LogP contribution is 2.42. The quantitative estimate of drug-likeness (QED) is 0.944. The Morgan fingerprint density at radius 2 is 2.05 bits per heavy atom. The van der Waals surface area contributed by atoms with E-state index < -0.39 is 0 Å². The number of nitrogens with one attached hydrogen (secondary N) is 1. The summed E-state index contributed by atoms with van der Waals surface area (Å²) in [5.74, 6) is 0.590. The van der Waals surface area contributed by atoms with Gasteiger partial charge in [-0.05, 0) is 43.2 Å². The van der Waals surface area contributed by atoms with E-state index in [-0.39, 0.29) is 11.8 Å². The van der Waals surface area contributed by atoms with E-state index in [1.54, 1.807) is 0 Å². The molecule has 108 valence electrons. The molecule has 1 saturated carbocycles. The third-order valence-corrected chi connectivity index (χ3v) is 5.28. The van der Waals surface area contributed by atoms with Crippen LogP contribution in [0.4, 0.5) is 5.13 Å². The van der Waals surface area contributed by atoms with E-state index in [0.29, 0.717) is 11.0 Å². The lowest BCUT2D eigenvalue weighted by Crippen LogP contribution is -2.24. The van der Waals surface area contributed by atoms with Crippen molar-refractivity contribution in [3.63, 3.8) is 0 Å². The molecule has 0 aliphatic heterocycles. The first-order valence-electron chi connectivity index (χ1n) is 7.53. The van der Waals surface area contributed by atoms with Crippen LogP contribution < -0.4 is 5.32 Å². The molecular formula is C16H17N3OS. The van der Waals surface area contributed by atoms with Crippen LogP contribution in [0, 0.1) is 0 Å². The molecule has 2 aliphatic rings. The Morgan fingerprint density at radius 3 is 2.90 bits per heavy atom. The highest BCUT2D eigenvalue weighted by molar-refractivity contribution is 7.15. The van der Waals surface area contributed by atoms with Gasteiger partial charge in [-0.3, -0.25) is 10.1 Å². The summed E-state index contributed by atoms with van der Waals surface area (Å²) < 4.78 is 0. The van der Waals surface area contributed by atoms with Crippen molar-refractivity contribution >= 4 is 22.4 Å². The van der Waals surface area contributed by atoms with Gasteiger partial charge >= 0.3 is 0 Å². The molecule has 1 aromatic carbocycles. The zero-order valence-corrected chi connectivity index (χ0v) is 12.5. The van der Waals surface area contributed by atoms with Gasteiger partial charge in [-0.25, -0.2) is 0 Å².